The van der Waals surface area contributed by atoms with E-state index in [4.69, 9.17) is 9.47 Å². The van der Waals surface area contributed by atoms with Crippen LogP contribution in [0.25, 0.3) is 0 Å². The van der Waals surface area contributed by atoms with Gasteiger partial charge in [-0.3, -0.25) is 15.0 Å². The van der Waals surface area contributed by atoms with E-state index in [1.165, 1.54) is 30.2 Å². The number of benzene rings is 1. The number of likely N-dealkylation sites (N-methyl/N-ethyl adjacent to an activating group) is 1. The Hall–Kier alpha value is -2.03. The fraction of sp³-hybridized carbons (Fsp3) is 0.571. The summed E-state index contributed by atoms with van der Waals surface area (Å²) in [7, 11) is 2.99. The van der Waals surface area contributed by atoms with E-state index < -0.39 is 28.7 Å². The second-order valence-electron chi connectivity index (χ2n) is 5.94. The molecule has 126 valence electrons. The van der Waals surface area contributed by atoms with Crippen molar-refractivity contribution < 1.29 is 27.6 Å². The van der Waals surface area contributed by atoms with Crippen LogP contribution in [0.1, 0.15) is 11.5 Å². The van der Waals surface area contributed by atoms with E-state index in [0.717, 1.165) is 0 Å². The molecule has 2 aliphatic heterocycles. The predicted molar refractivity (Wildman–Crippen MR) is 73.4 cm³/mol. The molecule has 3 atom stereocenters. The number of nitro groups is 1. The van der Waals surface area contributed by atoms with Crippen molar-refractivity contribution in [1.29, 1.82) is 0 Å². The maximum Gasteiger partial charge on any atom is 0.432 e. The molecule has 2 aliphatic rings. The molecule has 9 heteroatoms. The van der Waals surface area contributed by atoms with Gasteiger partial charge in [0.15, 0.2) is 0 Å². The van der Waals surface area contributed by atoms with Gasteiger partial charge in [-0.2, -0.15) is 13.2 Å². The Morgan fingerprint density at radius 1 is 1.48 bits per heavy atom. The summed E-state index contributed by atoms with van der Waals surface area (Å²) < 4.78 is 50.6. The molecule has 6 nitrogen and oxygen atoms in total. The number of halogens is 3. The van der Waals surface area contributed by atoms with Crippen molar-refractivity contribution in [3.8, 4) is 11.5 Å². The summed E-state index contributed by atoms with van der Waals surface area (Å²) in [4.78, 5) is 12.4. The third-order valence-corrected chi connectivity index (χ3v) is 4.55. The first-order chi connectivity index (χ1) is 10.7. The molecule has 0 N–H and O–H groups in total. The topological polar surface area (TPSA) is 64.8 Å². The molecule has 1 aromatic carbocycles. The molecule has 0 amide bonds. The lowest BCUT2D eigenvalue weighted by atomic mass is 9.75. The molecule has 0 spiro atoms. The third-order valence-electron chi connectivity index (χ3n) is 4.55. The Morgan fingerprint density at radius 2 is 2.17 bits per heavy atom. The number of nitrogens with zero attached hydrogens (tertiary/aromatic N) is 2. The lowest BCUT2D eigenvalue weighted by Gasteiger charge is -2.39. The van der Waals surface area contributed by atoms with Crippen LogP contribution in [0.3, 0.4) is 0 Å². The first-order valence-electron chi connectivity index (χ1n) is 6.94. The number of fused-ring (bicyclic) bond motifs is 3. The largest absolute Gasteiger partial charge is 0.497 e. The Morgan fingerprint density at radius 3 is 2.74 bits per heavy atom. The monoisotopic (exact) mass is 332 g/mol. The molecule has 23 heavy (non-hydrogen) atoms. The highest BCUT2D eigenvalue weighted by atomic mass is 19.4. The first-order valence-corrected chi connectivity index (χ1v) is 6.94. The minimum absolute atomic E-state index is 0.0194. The quantitative estimate of drug-likeness (QED) is 0.613. The van der Waals surface area contributed by atoms with Gasteiger partial charge in [-0.1, -0.05) is 0 Å². The normalized spacial score (nSPS) is 30.3. The SMILES string of the molecule is COc1ccc2c(c1)[C@H]1CN(C)C[C@@]1([N+](=O)[O-])[C@@H](C(F)(F)F)O2. The summed E-state index contributed by atoms with van der Waals surface area (Å²) >= 11 is 0. The van der Waals surface area contributed by atoms with Crippen LogP contribution in [-0.2, 0) is 0 Å². The zero-order valence-corrected chi connectivity index (χ0v) is 12.5. The zero-order valence-electron chi connectivity index (χ0n) is 12.5. The lowest BCUT2D eigenvalue weighted by molar-refractivity contribution is -0.591. The Kier molecular flexibility index (Phi) is 3.44. The van der Waals surface area contributed by atoms with Crippen LogP contribution in [0.15, 0.2) is 18.2 Å². The van der Waals surface area contributed by atoms with Crippen LogP contribution in [0.2, 0.25) is 0 Å². The number of methoxy groups -OCH3 is 1. The molecule has 1 aromatic rings. The van der Waals surface area contributed by atoms with Gasteiger partial charge in [0.05, 0.1) is 19.6 Å². The molecule has 3 rings (SSSR count). The van der Waals surface area contributed by atoms with E-state index in [1.54, 1.807) is 7.05 Å². The molecule has 0 aliphatic carbocycles. The van der Waals surface area contributed by atoms with E-state index in [1.807, 2.05) is 0 Å². The van der Waals surface area contributed by atoms with Crippen LogP contribution < -0.4 is 9.47 Å². The summed E-state index contributed by atoms with van der Waals surface area (Å²) in [6, 6.07) is 4.36. The molecule has 0 saturated carbocycles. The minimum atomic E-state index is -4.84. The molecule has 0 bridgehead atoms. The van der Waals surface area contributed by atoms with Crippen LogP contribution in [-0.4, -0.2) is 54.9 Å². The zero-order chi connectivity index (χ0) is 17.0. The molecular weight excluding hydrogens is 317 g/mol. The fourth-order valence-corrected chi connectivity index (χ4v) is 3.60. The van der Waals surface area contributed by atoms with E-state index in [9.17, 15) is 23.3 Å². The fourth-order valence-electron chi connectivity index (χ4n) is 3.60. The molecular formula is C14H15F3N2O4. The van der Waals surface area contributed by atoms with E-state index in [-0.39, 0.29) is 18.8 Å². The highest BCUT2D eigenvalue weighted by molar-refractivity contribution is 5.47. The van der Waals surface area contributed by atoms with Crippen molar-refractivity contribution in [3.63, 3.8) is 0 Å². The summed E-state index contributed by atoms with van der Waals surface area (Å²) in [6.07, 6.45) is -7.32. The number of likely N-dealkylation sites (tertiary alicyclic amines) is 1. The molecule has 2 heterocycles. The standard InChI is InChI=1S/C14H15F3N2O4/c1-18-6-10-9-5-8(22-2)3-4-11(9)23-12(14(15,16)17)13(10,7-18)19(20)21/h3-5,10,12H,6-7H2,1-2H3/t10-,12+,13+/m1/s1. The lowest BCUT2D eigenvalue weighted by Crippen LogP contribution is -2.64. The van der Waals surface area contributed by atoms with Crippen molar-refractivity contribution in [2.75, 3.05) is 27.2 Å². The second-order valence-corrected chi connectivity index (χ2v) is 5.94. The first kappa shape index (κ1) is 15.9. The third kappa shape index (κ3) is 2.21. The van der Waals surface area contributed by atoms with Crippen molar-refractivity contribution >= 4 is 0 Å². The average Bonchev–Trinajstić information content (AvgIpc) is 2.83. The van der Waals surface area contributed by atoms with Gasteiger partial charge < -0.3 is 9.47 Å². The van der Waals surface area contributed by atoms with Gasteiger partial charge in [-0.25, -0.2) is 0 Å². The summed E-state index contributed by atoms with van der Waals surface area (Å²) in [5, 5.41) is 11.7. The minimum Gasteiger partial charge on any atom is -0.497 e. The maximum atomic E-state index is 13.5. The summed E-state index contributed by atoms with van der Waals surface area (Å²) in [5.41, 5.74) is -1.88. The van der Waals surface area contributed by atoms with Crippen LogP contribution in [0.5, 0.6) is 11.5 Å². The number of alkyl halides is 3. The Bertz CT molecular complexity index is 651. The van der Waals surface area contributed by atoms with Gasteiger partial charge in [0.25, 0.3) is 11.6 Å². The van der Waals surface area contributed by atoms with Crippen molar-refractivity contribution in [2.45, 2.75) is 23.7 Å². The predicted octanol–water partition coefficient (Wildman–Crippen LogP) is 2.06. The summed E-state index contributed by atoms with van der Waals surface area (Å²) in [6.45, 7) is -0.178. The molecule has 1 fully saturated rings. The van der Waals surface area contributed by atoms with Crippen LogP contribution in [0, 0.1) is 10.1 Å². The van der Waals surface area contributed by atoms with Gasteiger partial charge in [0.1, 0.15) is 11.5 Å². The van der Waals surface area contributed by atoms with Crippen LogP contribution in [0.4, 0.5) is 13.2 Å². The van der Waals surface area contributed by atoms with Crippen molar-refractivity contribution in [1.82, 2.24) is 4.90 Å². The van der Waals surface area contributed by atoms with E-state index >= 15 is 0 Å². The number of ether oxygens (including phenoxy) is 2. The maximum absolute atomic E-state index is 13.5. The van der Waals surface area contributed by atoms with Crippen molar-refractivity contribution in [2.24, 2.45) is 0 Å². The van der Waals surface area contributed by atoms with Crippen LogP contribution >= 0.6 is 0 Å². The highest BCUT2D eigenvalue weighted by Crippen LogP contribution is 2.52. The number of rotatable bonds is 2. The molecule has 1 saturated heterocycles. The smallest absolute Gasteiger partial charge is 0.432 e. The second kappa shape index (κ2) is 4.98. The highest BCUT2D eigenvalue weighted by Gasteiger charge is 2.73. The van der Waals surface area contributed by atoms with E-state index in [0.29, 0.717) is 11.3 Å². The Labute approximate surface area is 129 Å². The Balaban J connectivity index is 2.22. The van der Waals surface area contributed by atoms with Gasteiger partial charge in [-0.15, -0.1) is 0 Å². The molecule has 0 radical (unpaired) electrons. The molecule has 0 aromatic heterocycles. The van der Waals surface area contributed by atoms with Gasteiger partial charge >= 0.3 is 6.18 Å². The van der Waals surface area contributed by atoms with Gasteiger partial charge in [-0.05, 0) is 25.2 Å². The van der Waals surface area contributed by atoms with Gasteiger partial charge in [0, 0.05) is 17.0 Å². The molecule has 0 unspecified atom stereocenters. The van der Waals surface area contributed by atoms with E-state index in [2.05, 4.69) is 0 Å². The number of hydrogen-bond donors (Lipinski definition) is 0. The van der Waals surface area contributed by atoms with Crippen molar-refractivity contribution in [3.05, 3.63) is 33.9 Å². The average molecular weight is 332 g/mol. The summed E-state index contributed by atoms with van der Waals surface area (Å²) in [5.74, 6) is -0.483. The number of hydrogen-bond acceptors (Lipinski definition) is 5. The van der Waals surface area contributed by atoms with Gasteiger partial charge in [0.2, 0.25) is 0 Å².